The van der Waals surface area contributed by atoms with E-state index in [0.29, 0.717) is 112 Å². The molecule has 0 aliphatic heterocycles. The zero-order chi connectivity index (χ0) is 38.3. The second kappa shape index (κ2) is 30.8. The minimum atomic E-state index is -5.64. The van der Waals surface area contributed by atoms with Gasteiger partial charge in [-0.2, -0.15) is 17.2 Å². The van der Waals surface area contributed by atoms with Gasteiger partial charge in [0.2, 0.25) is 23.8 Å². The summed E-state index contributed by atoms with van der Waals surface area (Å²) in [6, 6.07) is 0. The summed E-state index contributed by atoms with van der Waals surface area (Å²) >= 11 is 0. The number of esters is 1. The van der Waals surface area contributed by atoms with E-state index in [9.17, 15) is 35.6 Å². The highest BCUT2D eigenvalue weighted by Gasteiger charge is 2.34. The number of nitrogens with one attached hydrogen (secondary N) is 1. The fraction of sp³-hybridized carbons (Fsp3) is 0.733. The van der Waals surface area contributed by atoms with Crippen LogP contribution in [0, 0.1) is 23.3 Å². The maximum absolute atomic E-state index is 13.9. The van der Waals surface area contributed by atoms with E-state index in [1.165, 1.54) is 0 Å². The van der Waals surface area contributed by atoms with E-state index in [-0.39, 0.29) is 33.0 Å². The summed E-state index contributed by atoms with van der Waals surface area (Å²) in [5.74, 6) is -12.6. The van der Waals surface area contributed by atoms with Gasteiger partial charge in [-0.3, -0.25) is 14.1 Å². The highest BCUT2D eigenvalue weighted by Crippen LogP contribution is 2.32. The van der Waals surface area contributed by atoms with Crippen LogP contribution < -0.4 is 10.1 Å². The Balaban J connectivity index is 1.82. The molecule has 0 atom stereocenters. The van der Waals surface area contributed by atoms with Gasteiger partial charge in [-0.15, -0.1) is 0 Å². The van der Waals surface area contributed by atoms with Gasteiger partial charge in [-0.25, -0.2) is 8.78 Å². The topological polar surface area (TPSA) is 202 Å². The van der Waals surface area contributed by atoms with E-state index < -0.39 is 56.4 Å². The van der Waals surface area contributed by atoms with Gasteiger partial charge in [0.1, 0.15) is 0 Å². The zero-order valence-electron chi connectivity index (χ0n) is 28.6. The lowest BCUT2D eigenvalue weighted by Gasteiger charge is -2.11. The fourth-order valence-electron chi connectivity index (χ4n) is 3.50. The lowest BCUT2D eigenvalue weighted by molar-refractivity contribution is -0.136. The molecule has 0 radical (unpaired) electrons. The molecule has 17 nitrogen and oxygen atoms in total. The normalized spacial score (nSPS) is 11.6. The van der Waals surface area contributed by atoms with E-state index in [1.54, 1.807) is 0 Å². The Morgan fingerprint density at radius 1 is 0.519 bits per heavy atom. The Labute approximate surface area is 299 Å². The largest absolute Gasteiger partial charge is 0.420 e. The molecule has 52 heavy (non-hydrogen) atoms. The first kappa shape index (κ1) is 47.4. The van der Waals surface area contributed by atoms with Crippen LogP contribution >= 0.6 is 0 Å². The Morgan fingerprint density at radius 2 is 0.808 bits per heavy atom. The third kappa shape index (κ3) is 23.1. The van der Waals surface area contributed by atoms with E-state index in [4.69, 9.17) is 51.9 Å². The van der Waals surface area contributed by atoms with Crippen molar-refractivity contribution < 1.29 is 92.2 Å². The van der Waals surface area contributed by atoms with Crippen LogP contribution in [0.5, 0.6) is 5.75 Å². The minimum Gasteiger partial charge on any atom is -0.420 e. The molecular weight excluding hydrogens is 738 g/mol. The monoisotopic (exact) mass is 785 g/mol. The van der Waals surface area contributed by atoms with E-state index >= 15 is 0 Å². The molecule has 2 N–H and O–H groups in total. The molecule has 1 amide bonds. The van der Waals surface area contributed by atoms with Crippen LogP contribution in [0.1, 0.15) is 6.42 Å². The number of rotatable bonds is 36. The van der Waals surface area contributed by atoms with Crippen LogP contribution in [0.15, 0.2) is 4.90 Å². The molecule has 1 aromatic rings. The molecule has 302 valence electrons. The first-order valence-corrected chi connectivity index (χ1v) is 17.5. The van der Waals surface area contributed by atoms with Crippen molar-refractivity contribution in [2.24, 2.45) is 0 Å². The third-order valence-electron chi connectivity index (χ3n) is 5.93. The van der Waals surface area contributed by atoms with Gasteiger partial charge >= 0.3 is 16.1 Å². The lowest BCUT2D eigenvalue weighted by Crippen LogP contribution is -2.19. The maximum atomic E-state index is 13.9. The van der Waals surface area contributed by atoms with Gasteiger partial charge in [0, 0.05) is 6.54 Å². The quantitative estimate of drug-likeness (QED) is 0.0183. The molecule has 1 rings (SSSR count). The summed E-state index contributed by atoms with van der Waals surface area (Å²) in [4.78, 5) is 19.6. The summed E-state index contributed by atoms with van der Waals surface area (Å²) in [6.45, 7) is 7.12. The highest BCUT2D eigenvalue weighted by atomic mass is 32.2. The smallest absolute Gasteiger partial charge is 0.313 e. The average molecular weight is 786 g/mol. The first-order valence-electron chi connectivity index (χ1n) is 16.1. The Kier molecular flexibility index (Phi) is 28.1. The van der Waals surface area contributed by atoms with Gasteiger partial charge in [0.25, 0.3) is 0 Å². The van der Waals surface area contributed by atoms with Crippen molar-refractivity contribution in [1.29, 1.82) is 0 Å². The summed E-state index contributed by atoms with van der Waals surface area (Å²) in [6.07, 6.45) is 0.0506. The molecule has 0 saturated carbocycles. The third-order valence-corrected chi connectivity index (χ3v) is 6.80. The molecule has 0 fully saturated rings. The Hall–Kier alpha value is -2.61. The highest BCUT2D eigenvalue weighted by molar-refractivity contribution is 7.85. The van der Waals surface area contributed by atoms with Gasteiger partial charge in [-0.05, 0) is 0 Å². The van der Waals surface area contributed by atoms with Crippen LogP contribution in [0.25, 0.3) is 0 Å². The van der Waals surface area contributed by atoms with Gasteiger partial charge in [-0.1, -0.05) is 0 Å². The molecule has 22 heteroatoms. The predicted octanol–water partition coefficient (Wildman–Crippen LogP) is 0.697. The Morgan fingerprint density at radius 3 is 1.10 bits per heavy atom. The standard InChI is InChI=1S/C30H47F4NO16S/c31-25-27(33)30(52(38,39)40)28(34)26(32)29(25)51-24(37)1-3-41-5-7-43-9-11-45-13-15-47-17-19-49-21-22-50-20-18-48-16-14-46-12-10-44-8-6-42-4-2-35-23-36/h23H,1-22H2,(H,35,36)(H,38,39,40). The number of halogens is 4. The number of ether oxygens (including phenoxy) is 11. The molecule has 0 saturated heterocycles. The average Bonchev–Trinajstić information content (AvgIpc) is 3.10. The number of carbonyl (C=O) groups is 2. The van der Waals surface area contributed by atoms with Crippen LogP contribution in [0.4, 0.5) is 17.6 Å². The predicted molar refractivity (Wildman–Crippen MR) is 169 cm³/mol. The summed E-state index contributed by atoms with van der Waals surface area (Å²) < 4.78 is 144. The van der Waals surface area contributed by atoms with Gasteiger partial charge < -0.3 is 57.4 Å². The van der Waals surface area contributed by atoms with Crippen LogP contribution in [0.2, 0.25) is 0 Å². The molecule has 0 aliphatic rings. The van der Waals surface area contributed by atoms with Crippen molar-refractivity contribution >= 4 is 22.5 Å². The molecular formula is C30H47F4NO16S. The summed E-state index contributed by atoms with van der Waals surface area (Å²) in [7, 11) is -5.64. The van der Waals surface area contributed by atoms with E-state index in [1.807, 2.05) is 0 Å². The molecule has 0 aromatic heterocycles. The van der Waals surface area contributed by atoms with Crippen molar-refractivity contribution in [2.45, 2.75) is 11.3 Å². The second-order valence-electron chi connectivity index (χ2n) is 9.81. The fourth-order valence-corrected chi connectivity index (χ4v) is 4.13. The molecule has 0 unspecified atom stereocenters. The second-order valence-corrected chi connectivity index (χ2v) is 11.2. The van der Waals surface area contributed by atoms with Crippen LogP contribution in [0.3, 0.4) is 0 Å². The van der Waals surface area contributed by atoms with Crippen LogP contribution in [-0.2, 0) is 67.1 Å². The molecule has 0 aliphatic carbocycles. The summed E-state index contributed by atoms with van der Waals surface area (Å²) in [5.41, 5.74) is 0. The molecule has 1 aromatic carbocycles. The van der Waals surface area contributed by atoms with Crippen LogP contribution in [-0.4, -0.2) is 164 Å². The van der Waals surface area contributed by atoms with Crippen molar-refractivity contribution in [1.82, 2.24) is 5.32 Å². The molecule has 0 spiro atoms. The maximum Gasteiger partial charge on any atom is 0.313 e. The number of hydrogen-bond donors (Lipinski definition) is 2. The molecule has 0 bridgehead atoms. The van der Waals surface area contributed by atoms with Crippen molar-refractivity contribution in [2.75, 3.05) is 139 Å². The summed E-state index contributed by atoms with van der Waals surface area (Å²) in [5, 5.41) is 2.50. The van der Waals surface area contributed by atoms with Crippen molar-refractivity contribution in [3.63, 3.8) is 0 Å². The number of hydrogen-bond acceptors (Lipinski definition) is 15. The van der Waals surface area contributed by atoms with Crippen molar-refractivity contribution in [3.05, 3.63) is 23.3 Å². The van der Waals surface area contributed by atoms with Gasteiger partial charge in [0.05, 0.1) is 139 Å². The van der Waals surface area contributed by atoms with Gasteiger partial charge in [0.15, 0.2) is 16.5 Å². The minimum absolute atomic E-state index is 0.0281. The van der Waals surface area contributed by atoms with Crippen molar-refractivity contribution in [3.8, 4) is 5.75 Å². The lowest BCUT2D eigenvalue weighted by atomic mass is 10.3. The SMILES string of the molecule is O=CNCCOCCOCCOCCOCCOCCOCCOCCOCCOCCOCCC(=O)Oc1c(F)c(F)c(S(=O)(=O)O)c(F)c1F. The zero-order valence-corrected chi connectivity index (χ0v) is 29.4. The number of benzene rings is 1. The first-order chi connectivity index (χ1) is 25.1. The van der Waals surface area contributed by atoms with E-state index in [2.05, 4.69) is 10.1 Å². The van der Waals surface area contributed by atoms with E-state index in [0.717, 1.165) is 0 Å². The number of carbonyl (C=O) groups excluding carboxylic acids is 2. The number of amides is 1. The molecule has 0 heterocycles. The Bertz CT molecular complexity index is 1190.